The molecule has 0 radical (unpaired) electrons. The Bertz CT molecular complexity index is 277. The molecule has 0 unspecified atom stereocenters. The number of hydrogen-bond acceptors (Lipinski definition) is 3. The summed E-state index contributed by atoms with van der Waals surface area (Å²) in [5.74, 6) is 0.139. The topological polar surface area (TPSA) is 55.6 Å². The fraction of sp³-hybridized carbons (Fsp3) is 0.923. The van der Waals surface area contributed by atoms with E-state index in [9.17, 15) is 4.79 Å². The van der Waals surface area contributed by atoms with Crippen LogP contribution in [0.2, 0.25) is 0 Å². The van der Waals surface area contributed by atoms with Crippen molar-refractivity contribution in [3.05, 3.63) is 0 Å². The highest BCUT2D eigenvalue weighted by Crippen LogP contribution is 2.28. The first-order chi connectivity index (χ1) is 8.04. The second-order valence-corrected chi connectivity index (χ2v) is 5.61. The Labute approximate surface area is 103 Å². The Balaban J connectivity index is 2.11. The highest BCUT2D eigenvalue weighted by Gasteiger charge is 2.42. The molecule has 4 heteroatoms. The van der Waals surface area contributed by atoms with Crippen molar-refractivity contribution in [2.24, 2.45) is 5.73 Å². The van der Waals surface area contributed by atoms with Crippen LogP contribution in [0.25, 0.3) is 0 Å². The summed E-state index contributed by atoms with van der Waals surface area (Å²) >= 11 is 0. The monoisotopic (exact) mass is 240 g/mol. The zero-order chi connectivity index (χ0) is 12.5. The Morgan fingerprint density at radius 2 is 1.76 bits per heavy atom. The van der Waals surface area contributed by atoms with Crippen molar-refractivity contribution in [1.29, 1.82) is 0 Å². The summed E-state index contributed by atoms with van der Waals surface area (Å²) in [7, 11) is 0. The van der Waals surface area contributed by atoms with Crippen LogP contribution in [0.15, 0.2) is 0 Å². The summed E-state index contributed by atoms with van der Waals surface area (Å²) in [6, 6.07) is 0.657. The molecule has 98 valence electrons. The quantitative estimate of drug-likeness (QED) is 0.751. The molecule has 2 atom stereocenters. The SMILES string of the molecule is C[C@@H]1CCC[C@H](C)N1C(=O)C1(N)CCOCC1. The first kappa shape index (κ1) is 12.8. The summed E-state index contributed by atoms with van der Waals surface area (Å²) < 4.78 is 5.31. The lowest BCUT2D eigenvalue weighted by Crippen LogP contribution is -2.62. The van der Waals surface area contributed by atoms with Crippen molar-refractivity contribution in [2.45, 2.75) is 63.6 Å². The van der Waals surface area contributed by atoms with Gasteiger partial charge in [0.05, 0.1) is 5.54 Å². The zero-order valence-electron chi connectivity index (χ0n) is 10.9. The van der Waals surface area contributed by atoms with Gasteiger partial charge in [-0.2, -0.15) is 0 Å². The maximum absolute atomic E-state index is 12.6. The van der Waals surface area contributed by atoms with Crippen molar-refractivity contribution >= 4 is 5.91 Å². The van der Waals surface area contributed by atoms with Gasteiger partial charge in [-0.15, -0.1) is 0 Å². The van der Waals surface area contributed by atoms with Gasteiger partial charge >= 0.3 is 0 Å². The fourth-order valence-electron chi connectivity index (χ4n) is 3.03. The molecule has 0 bridgehead atoms. The smallest absolute Gasteiger partial charge is 0.243 e. The number of carbonyl (C=O) groups excluding carboxylic acids is 1. The van der Waals surface area contributed by atoms with Gasteiger partial charge in [-0.05, 0) is 46.0 Å². The van der Waals surface area contributed by atoms with Crippen LogP contribution in [0.5, 0.6) is 0 Å². The van der Waals surface area contributed by atoms with Gasteiger partial charge in [-0.3, -0.25) is 4.79 Å². The third-order valence-corrected chi connectivity index (χ3v) is 4.24. The molecule has 2 aliphatic heterocycles. The molecule has 2 heterocycles. The third kappa shape index (κ3) is 2.47. The lowest BCUT2D eigenvalue weighted by Gasteiger charge is -2.44. The molecule has 0 spiro atoms. The van der Waals surface area contributed by atoms with Gasteiger partial charge in [-0.1, -0.05) is 0 Å². The number of ether oxygens (including phenoxy) is 1. The molecule has 17 heavy (non-hydrogen) atoms. The molecule has 1 amide bonds. The maximum atomic E-state index is 12.6. The minimum absolute atomic E-state index is 0.139. The Hall–Kier alpha value is -0.610. The van der Waals surface area contributed by atoms with Crippen molar-refractivity contribution in [2.75, 3.05) is 13.2 Å². The van der Waals surface area contributed by atoms with Crippen LogP contribution >= 0.6 is 0 Å². The minimum atomic E-state index is -0.682. The number of likely N-dealkylation sites (tertiary alicyclic amines) is 1. The van der Waals surface area contributed by atoms with Crippen LogP contribution in [0.4, 0.5) is 0 Å². The van der Waals surface area contributed by atoms with E-state index in [1.165, 1.54) is 6.42 Å². The minimum Gasteiger partial charge on any atom is -0.381 e. The van der Waals surface area contributed by atoms with E-state index < -0.39 is 5.54 Å². The third-order valence-electron chi connectivity index (χ3n) is 4.24. The van der Waals surface area contributed by atoms with Gasteiger partial charge in [0.2, 0.25) is 5.91 Å². The molecule has 2 aliphatic rings. The van der Waals surface area contributed by atoms with E-state index in [-0.39, 0.29) is 5.91 Å². The number of piperidine rings is 1. The Kier molecular flexibility index (Phi) is 3.73. The lowest BCUT2D eigenvalue weighted by atomic mass is 9.86. The average molecular weight is 240 g/mol. The molecule has 0 aliphatic carbocycles. The second-order valence-electron chi connectivity index (χ2n) is 5.61. The summed E-state index contributed by atoms with van der Waals surface area (Å²) in [5, 5.41) is 0. The van der Waals surface area contributed by atoms with Crippen LogP contribution in [0.1, 0.15) is 46.0 Å². The average Bonchev–Trinajstić information content (AvgIpc) is 2.29. The zero-order valence-corrected chi connectivity index (χ0v) is 10.9. The largest absolute Gasteiger partial charge is 0.381 e. The molecule has 2 fully saturated rings. The normalized spacial score (nSPS) is 33.5. The van der Waals surface area contributed by atoms with E-state index in [0.717, 1.165) is 12.8 Å². The van der Waals surface area contributed by atoms with Crippen LogP contribution in [-0.2, 0) is 9.53 Å². The van der Waals surface area contributed by atoms with Gasteiger partial charge in [0.1, 0.15) is 0 Å². The first-order valence-corrected chi connectivity index (χ1v) is 6.74. The molecule has 0 aromatic carbocycles. The standard InChI is InChI=1S/C13H24N2O2/c1-10-4-3-5-11(2)15(10)12(16)13(14)6-8-17-9-7-13/h10-11H,3-9,14H2,1-2H3/t10-,11+. The second kappa shape index (κ2) is 4.94. The maximum Gasteiger partial charge on any atom is 0.243 e. The van der Waals surface area contributed by atoms with Crippen LogP contribution in [-0.4, -0.2) is 41.6 Å². The first-order valence-electron chi connectivity index (χ1n) is 6.74. The number of amides is 1. The molecule has 2 N–H and O–H groups in total. The number of nitrogens with two attached hydrogens (primary N) is 1. The molecule has 0 saturated carbocycles. The molecular formula is C13H24N2O2. The highest BCUT2D eigenvalue weighted by molar-refractivity contribution is 5.86. The molecule has 2 saturated heterocycles. The summed E-state index contributed by atoms with van der Waals surface area (Å²) in [6.07, 6.45) is 4.72. The number of carbonyl (C=O) groups is 1. The van der Waals surface area contributed by atoms with E-state index in [1.807, 2.05) is 4.90 Å². The van der Waals surface area contributed by atoms with Gasteiger partial charge in [0.15, 0.2) is 0 Å². The van der Waals surface area contributed by atoms with Crippen molar-refractivity contribution in [3.63, 3.8) is 0 Å². The molecule has 2 rings (SSSR count). The molecule has 4 nitrogen and oxygen atoms in total. The number of rotatable bonds is 1. The molecule has 0 aromatic rings. The van der Waals surface area contributed by atoms with E-state index in [4.69, 9.17) is 10.5 Å². The summed E-state index contributed by atoms with van der Waals surface area (Å²) in [5.41, 5.74) is 5.60. The predicted molar refractivity (Wildman–Crippen MR) is 66.6 cm³/mol. The Morgan fingerprint density at radius 1 is 1.24 bits per heavy atom. The fourth-order valence-corrected chi connectivity index (χ4v) is 3.03. The summed E-state index contributed by atoms with van der Waals surface area (Å²) in [4.78, 5) is 14.7. The van der Waals surface area contributed by atoms with Crippen molar-refractivity contribution < 1.29 is 9.53 Å². The summed E-state index contributed by atoms with van der Waals surface area (Å²) in [6.45, 7) is 5.49. The van der Waals surface area contributed by atoms with Gasteiger partial charge < -0.3 is 15.4 Å². The molecule has 0 aromatic heterocycles. The van der Waals surface area contributed by atoms with E-state index in [0.29, 0.717) is 38.1 Å². The van der Waals surface area contributed by atoms with Crippen LogP contribution in [0.3, 0.4) is 0 Å². The van der Waals surface area contributed by atoms with Crippen LogP contribution in [0, 0.1) is 0 Å². The van der Waals surface area contributed by atoms with Gasteiger partial charge in [0, 0.05) is 25.3 Å². The van der Waals surface area contributed by atoms with Crippen molar-refractivity contribution in [3.8, 4) is 0 Å². The Morgan fingerprint density at radius 3 is 2.29 bits per heavy atom. The molecular weight excluding hydrogens is 216 g/mol. The van der Waals surface area contributed by atoms with Gasteiger partial charge in [0.25, 0.3) is 0 Å². The number of nitrogens with zero attached hydrogens (tertiary/aromatic N) is 1. The predicted octanol–water partition coefficient (Wildman–Crippen LogP) is 1.28. The van der Waals surface area contributed by atoms with E-state index in [2.05, 4.69) is 13.8 Å². The van der Waals surface area contributed by atoms with Gasteiger partial charge in [-0.25, -0.2) is 0 Å². The van der Waals surface area contributed by atoms with E-state index >= 15 is 0 Å². The van der Waals surface area contributed by atoms with Crippen LogP contribution < -0.4 is 5.73 Å². The lowest BCUT2D eigenvalue weighted by molar-refractivity contribution is -0.146. The van der Waals surface area contributed by atoms with Crippen molar-refractivity contribution in [1.82, 2.24) is 4.90 Å². The number of hydrogen-bond donors (Lipinski definition) is 1. The van der Waals surface area contributed by atoms with E-state index in [1.54, 1.807) is 0 Å². The highest BCUT2D eigenvalue weighted by atomic mass is 16.5.